The third kappa shape index (κ3) is 4.79. The Morgan fingerprint density at radius 2 is 2.14 bits per heavy atom. The van der Waals surface area contributed by atoms with E-state index < -0.39 is 0 Å². The van der Waals surface area contributed by atoms with E-state index in [0.29, 0.717) is 12.0 Å². The summed E-state index contributed by atoms with van der Waals surface area (Å²) in [4.78, 5) is 0. The largest absolute Gasteiger partial charge is 0.314 e. The average Bonchev–Trinajstić information content (AvgIpc) is 2.50. The quantitative estimate of drug-likeness (QED) is 0.727. The van der Waals surface area contributed by atoms with Crippen LogP contribution in [0.3, 0.4) is 0 Å². The van der Waals surface area contributed by atoms with Gasteiger partial charge in [0.25, 0.3) is 0 Å². The number of rotatable bonds is 6. The van der Waals surface area contributed by atoms with Crippen molar-refractivity contribution >= 4 is 15.9 Å². The summed E-state index contributed by atoms with van der Waals surface area (Å²) in [5.41, 5.74) is 0.828. The van der Waals surface area contributed by atoms with Crippen molar-refractivity contribution in [1.82, 2.24) is 5.32 Å². The Morgan fingerprint density at radius 3 is 2.86 bits per heavy atom. The first-order valence-corrected chi connectivity index (χ1v) is 9.10. The van der Waals surface area contributed by atoms with Gasteiger partial charge in [0, 0.05) is 10.5 Å². The number of likely N-dealkylation sites (N-methyl/N-ethyl adjacent to an activating group) is 1. The second-order valence-corrected chi connectivity index (χ2v) is 7.22. The summed E-state index contributed by atoms with van der Waals surface area (Å²) in [7, 11) is 0. The van der Waals surface area contributed by atoms with Crippen LogP contribution in [-0.4, -0.2) is 12.6 Å². The van der Waals surface area contributed by atoms with Crippen LogP contribution in [0.4, 0.5) is 4.39 Å². The first kappa shape index (κ1) is 17.0. The average molecular weight is 356 g/mol. The highest BCUT2D eigenvalue weighted by Crippen LogP contribution is 2.34. The summed E-state index contributed by atoms with van der Waals surface area (Å²) in [6.45, 7) is 5.39. The van der Waals surface area contributed by atoms with Gasteiger partial charge < -0.3 is 5.32 Å². The van der Waals surface area contributed by atoms with Crippen molar-refractivity contribution in [3.8, 4) is 0 Å². The molecule has 0 aromatic heterocycles. The summed E-state index contributed by atoms with van der Waals surface area (Å²) in [6, 6.07) is 5.67. The fraction of sp³-hybridized carbons (Fsp3) is 0.667. The standard InChI is InChI=1S/C18H27BrFN/c1-3-13-6-5-7-14(10-13)18(21-4-2)12-15-11-16(19)8-9-17(15)20/h8-9,11,13-14,18,21H,3-7,10,12H2,1-2H3. The van der Waals surface area contributed by atoms with Gasteiger partial charge in [0.15, 0.2) is 0 Å². The second kappa shape index (κ2) is 8.28. The SMILES string of the molecule is CCNC(Cc1cc(Br)ccc1F)C1CCCC(CC)C1. The van der Waals surface area contributed by atoms with Gasteiger partial charge in [0.1, 0.15) is 5.82 Å². The topological polar surface area (TPSA) is 12.0 Å². The number of hydrogen-bond donors (Lipinski definition) is 1. The molecule has 0 radical (unpaired) electrons. The van der Waals surface area contributed by atoms with Crippen molar-refractivity contribution in [3.63, 3.8) is 0 Å². The zero-order valence-electron chi connectivity index (χ0n) is 13.2. The van der Waals surface area contributed by atoms with E-state index in [9.17, 15) is 4.39 Å². The van der Waals surface area contributed by atoms with E-state index in [1.165, 1.54) is 32.1 Å². The minimum absolute atomic E-state index is 0.0797. The molecular weight excluding hydrogens is 329 g/mol. The zero-order valence-corrected chi connectivity index (χ0v) is 14.8. The molecule has 3 heteroatoms. The van der Waals surface area contributed by atoms with E-state index in [-0.39, 0.29) is 5.82 Å². The molecule has 0 heterocycles. The molecule has 1 aromatic rings. The molecular formula is C18H27BrFN. The lowest BCUT2D eigenvalue weighted by Crippen LogP contribution is -2.40. The molecule has 1 saturated carbocycles. The normalized spacial score (nSPS) is 24.0. The molecule has 118 valence electrons. The Kier molecular flexibility index (Phi) is 6.69. The van der Waals surface area contributed by atoms with Crippen molar-refractivity contribution in [3.05, 3.63) is 34.1 Å². The van der Waals surface area contributed by atoms with Crippen LogP contribution in [0.15, 0.2) is 22.7 Å². The third-order valence-electron chi connectivity index (χ3n) is 4.88. The summed E-state index contributed by atoms with van der Waals surface area (Å²) in [5, 5.41) is 3.61. The molecule has 0 amide bonds. The van der Waals surface area contributed by atoms with Gasteiger partial charge in [-0.1, -0.05) is 49.0 Å². The Hall–Kier alpha value is -0.410. The molecule has 1 aliphatic carbocycles. The van der Waals surface area contributed by atoms with Gasteiger partial charge in [-0.05, 0) is 61.4 Å². The maximum Gasteiger partial charge on any atom is 0.126 e. The van der Waals surface area contributed by atoms with E-state index in [4.69, 9.17) is 0 Å². The predicted octanol–water partition coefficient (Wildman–Crippen LogP) is 5.33. The highest BCUT2D eigenvalue weighted by molar-refractivity contribution is 9.10. The molecule has 1 nitrogen and oxygen atoms in total. The van der Waals surface area contributed by atoms with Crippen molar-refractivity contribution in [1.29, 1.82) is 0 Å². The van der Waals surface area contributed by atoms with Crippen LogP contribution in [0.1, 0.15) is 51.5 Å². The van der Waals surface area contributed by atoms with Crippen molar-refractivity contribution in [2.24, 2.45) is 11.8 Å². The van der Waals surface area contributed by atoms with Gasteiger partial charge in [0.2, 0.25) is 0 Å². The third-order valence-corrected chi connectivity index (χ3v) is 5.38. The first-order chi connectivity index (χ1) is 10.1. The molecule has 1 fully saturated rings. The molecule has 2 rings (SSSR count). The fourth-order valence-electron chi connectivity index (χ4n) is 3.67. The Labute approximate surface area is 136 Å². The lowest BCUT2D eigenvalue weighted by Gasteiger charge is -2.35. The van der Waals surface area contributed by atoms with Crippen LogP contribution in [-0.2, 0) is 6.42 Å². The van der Waals surface area contributed by atoms with Gasteiger partial charge in [-0.3, -0.25) is 0 Å². The summed E-state index contributed by atoms with van der Waals surface area (Å²) < 4.78 is 15.0. The lowest BCUT2D eigenvalue weighted by atomic mass is 9.75. The van der Waals surface area contributed by atoms with Gasteiger partial charge in [-0.2, -0.15) is 0 Å². The van der Waals surface area contributed by atoms with Crippen molar-refractivity contribution in [2.45, 2.75) is 58.4 Å². The molecule has 3 atom stereocenters. The summed E-state index contributed by atoms with van der Waals surface area (Å²) >= 11 is 3.45. The van der Waals surface area contributed by atoms with Crippen LogP contribution < -0.4 is 5.32 Å². The van der Waals surface area contributed by atoms with E-state index in [1.54, 1.807) is 12.1 Å². The van der Waals surface area contributed by atoms with Crippen LogP contribution in [0.5, 0.6) is 0 Å². The maximum absolute atomic E-state index is 14.0. The van der Waals surface area contributed by atoms with Crippen molar-refractivity contribution < 1.29 is 4.39 Å². The monoisotopic (exact) mass is 355 g/mol. The first-order valence-electron chi connectivity index (χ1n) is 8.31. The van der Waals surface area contributed by atoms with E-state index in [1.807, 2.05) is 6.07 Å². The number of benzene rings is 1. The lowest BCUT2D eigenvalue weighted by molar-refractivity contribution is 0.208. The molecule has 1 aromatic carbocycles. The van der Waals surface area contributed by atoms with E-state index in [2.05, 4.69) is 35.1 Å². The van der Waals surface area contributed by atoms with Crippen LogP contribution in [0.2, 0.25) is 0 Å². The molecule has 1 aliphatic rings. The molecule has 0 aliphatic heterocycles. The van der Waals surface area contributed by atoms with Crippen LogP contribution in [0.25, 0.3) is 0 Å². The Bertz CT molecular complexity index is 449. The highest BCUT2D eigenvalue weighted by atomic mass is 79.9. The number of nitrogens with one attached hydrogen (secondary N) is 1. The van der Waals surface area contributed by atoms with Gasteiger partial charge in [-0.25, -0.2) is 4.39 Å². The predicted molar refractivity (Wildman–Crippen MR) is 91.0 cm³/mol. The molecule has 0 saturated heterocycles. The fourth-order valence-corrected chi connectivity index (χ4v) is 4.08. The molecule has 1 N–H and O–H groups in total. The Balaban J connectivity index is 2.09. The van der Waals surface area contributed by atoms with E-state index >= 15 is 0 Å². The summed E-state index contributed by atoms with van der Waals surface area (Å²) in [6.07, 6.45) is 7.34. The Morgan fingerprint density at radius 1 is 1.33 bits per heavy atom. The molecule has 3 unspecified atom stereocenters. The molecule has 0 spiro atoms. The van der Waals surface area contributed by atoms with Gasteiger partial charge >= 0.3 is 0 Å². The van der Waals surface area contributed by atoms with Gasteiger partial charge in [-0.15, -0.1) is 0 Å². The van der Waals surface area contributed by atoms with Crippen LogP contribution >= 0.6 is 15.9 Å². The maximum atomic E-state index is 14.0. The summed E-state index contributed by atoms with van der Waals surface area (Å²) in [5.74, 6) is 1.46. The van der Waals surface area contributed by atoms with Gasteiger partial charge in [0.05, 0.1) is 0 Å². The van der Waals surface area contributed by atoms with Crippen molar-refractivity contribution in [2.75, 3.05) is 6.54 Å². The minimum Gasteiger partial charge on any atom is -0.314 e. The van der Waals surface area contributed by atoms with E-state index in [0.717, 1.165) is 28.9 Å². The smallest absolute Gasteiger partial charge is 0.126 e. The highest BCUT2D eigenvalue weighted by Gasteiger charge is 2.28. The zero-order chi connectivity index (χ0) is 15.2. The minimum atomic E-state index is -0.0797. The van der Waals surface area contributed by atoms with Crippen LogP contribution in [0, 0.1) is 17.7 Å². The molecule has 0 bridgehead atoms. The molecule has 21 heavy (non-hydrogen) atoms. The second-order valence-electron chi connectivity index (χ2n) is 6.30. The number of halogens is 2. The number of hydrogen-bond acceptors (Lipinski definition) is 1.